The van der Waals surface area contributed by atoms with Crippen LogP contribution in [0.3, 0.4) is 0 Å². The van der Waals surface area contributed by atoms with Gasteiger partial charge < -0.3 is 14.5 Å². The van der Waals surface area contributed by atoms with Gasteiger partial charge >= 0.3 is 12.3 Å². The van der Waals surface area contributed by atoms with E-state index in [9.17, 15) is 22.8 Å². The molecule has 8 heteroatoms. The van der Waals surface area contributed by atoms with Crippen molar-refractivity contribution >= 4 is 12.0 Å². The van der Waals surface area contributed by atoms with Gasteiger partial charge in [0.2, 0.25) is 0 Å². The van der Waals surface area contributed by atoms with Gasteiger partial charge in [0.05, 0.1) is 5.56 Å². The second kappa shape index (κ2) is 7.69. The van der Waals surface area contributed by atoms with Crippen LogP contribution in [0.4, 0.5) is 18.0 Å². The van der Waals surface area contributed by atoms with Crippen molar-refractivity contribution in [2.24, 2.45) is 0 Å². The Morgan fingerprint density at radius 2 is 1.37 bits per heavy atom. The number of amides is 2. The lowest BCUT2D eigenvalue weighted by atomic mass is 10.1. The third-order valence-corrected chi connectivity index (χ3v) is 4.23. The molecule has 0 radical (unpaired) electrons. The highest BCUT2D eigenvalue weighted by Gasteiger charge is 2.31. The van der Waals surface area contributed by atoms with Crippen LogP contribution in [0.15, 0.2) is 54.6 Å². The predicted molar refractivity (Wildman–Crippen MR) is 91.4 cm³/mol. The molecule has 5 nitrogen and oxygen atoms in total. The summed E-state index contributed by atoms with van der Waals surface area (Å²) in [6.45, 7) is 1.14. The van der Waals surface area contributed by atoms with Crippen molar-refractivity contribution in [3.05, 3.63) is 65.7 Å². The quantitative estimate of drug-likeness (QED) is 0.801. The minimum atomic E-state index is -4.44. The summed E-state index contributed by atoms with van der Waals surface area (Å²) in [6, 6.07) is 12.8. The summed E-state index contributed by atoms with van der Waals surface area (Å²) >= 11 is 0. The van der Waals surface area contributed by atoms with E-state index in [-0.39, 0.29) is 37.6 Å². The summed E-state index contributed by atoms with van der Waals surface area (Å²) in [7, 11) is 0. The number of piperazine rings is 1. The molecule has 1 saturated heterocycles. The van der Waals surface area contributed by atoms with Crippen molar-refractivity contribution in [1.29, 1.82) is 0 Å². The van der Waals surface area contributed by atoms with Crippen LogP contribution in [0.2, 0.25) is 0 Å². The summed E-state index contributed by atoms with van der Waals surface area (Å²) in [4.78, 5) is 27.6. The fourth-order valence-corrected chi connectivity index (χ4v) is 2.73. The van der Waals surface area contributed by atoms with Crippen molar-refractivity contribution in [2.45, 2.75) is 6.18 Å². The minimum Gasteiger partial charge on any atom is -0.410 e. The first kappa shape index (κ1) is 18.8. The molecule has 0 N–H and O–H groups in total. The zero-order valence-corrected chi connectivity index (χ0v) is 14.3. The molecule has 1 aliphatic rings. The molecule has 2 aromatic rings. The second-order valence-electron chi connectivity index (χ2n) is 6.04. The lowest BCUT2D eigenvalue weighted by molar-refractivity contribution is -0.137. The summed E-state index contributed by atoms with van der Waals surface area (Å²) < 4.78 is 43.1. The van der Waals surface area contributed by atoms with Crippen molar-refractivity contribution in [1.82, 2.24) is 9.80 Å². The Morgan fingerprint density at radius 3 is 1.93 bits per heavy atom. The smallest absolute Gasteiger partial charge is 0.410 e. The maximum absolute atomic E-state index is 12.6. The summed E-state index contributed by atoms with van der Waals surface area (Å²) in [5, 5.41) is 0. The van der Waals surface area contributed by atoms with Gasteiger partial charge in [0.1, 0.15) is 5.75 Å². The number of nitrogens with zero attached hydrogens (tertiary/aromatic N) is 2. The van der Waals surface area contributed by atoms with Crippen LogP contribution in [0, 0.1) is 0 Å². The molecule has 0 atom stereocenters. The Balaban J connectivity index is 1.55. The lowest BCUT2D eigenvalue weighted by Crippen LogP contribution is -2.51. The molecule has 142 valence electrons. The lowest BCUT2D eigenvalue weighted by Gasteiger charge is -2.34. The van der Waals surface area contributed by atoms with Crippen LogP contribution in [-0.4, -0.2) is 48.0 Å². The van der Waals surface area contributed by atoms with Crippen molar-refractivity contribution in [3.63, 3.8) is 0 Å². The molecule has 0 spiro atoms. The first-order valence-corrected chi connectivity index (χ1v) is 8.33. The monoisotopic (exact) mass is 378 g/mol. The van der Waals surface area contributed by atoms with Crippen LogP contribution in [0.25, 0.3) is 0 Å². The average molecular weight is 378 g/mol. The van der Waals surface area contributed by atoms with Gasteiger partial charge in [-0.2, -0.15) is 13.2 Å². The number of para-hydroxylation sites is 1. The number of carbonyl (C=O) groups is 2. The zero-order chi connectivity index (χ0) is 19.4. The van der Waals surface area contributed by atoms with E-state index >= 15 is 0 Å². The highest BCUT2D eigenvalue weighted by Crippen LogP contribution is 2.29. The van der Waals surface area contributed by atoms with E-state index in [1.165, 1.54) is 21.9 Å². The number of hydrogen-bond donors (Lipinski definition) is 0. The number of benzene rings is 2. The Labute approximate surface area is 153 Å². The summed E-state index contributed by atoms with van der Waals surface area (Å²) in [5.41, 5.74) is -0.615. The maximum atomic E-state index is 12.6. The van der Waals surface area contributed by atoms with Crippen molar-refractivity contribution < 1.29 is 27.5 Å². The van der Waals surface area contributed by atoms with Crippen molar-refractivity contribution in [3.8, 4) is 5.75 Å². The van der Waals surface area contributed by atoms with E-state index in [0.717, 1.165) is 12.1 Å². The second-order valence-corrected chi connectivity index (χ2v) is 6.04. The largest absolute Gasteiger partial charge is 0.416 e. The third kappa shape index (κ3) is 4.58. The average Bonchev–Trinajstić information content (AvgIpc) is 2.68. The highest BCUT2D eigenvalue weighted by atomic mass is 19.4. The van der Waals surface area contributed by atoms with Gasteiger partial charge in [-0.25, -0.2) is 4.79 Å². The standard InChI is InChI=1S/C19H17F3N2O3/c20-19(21,22)15-8-6-14(7-9-15)17(25)23-10-12-24(13-11-23)18(26)27-16-4-2-1-3-5-16/h1-9H,10-13H2. The van der Waals surface area contributed by atoms with Gasteiger partial charge in [0.15, 0.2) is 0 Å². The van der Waals surface area contributed by atoms with Crippen LogP contribution >= 0.6 is 0 Å². The van der Waals surface area contributed by atoms with E-state index in [4.69, 9.17) is 4.74 Å². The van der Waals surface area contributed by atoms with Crippen molar-refractivity contribution in [2.75, 3.05) is 26.2 Å². The Bertz CT molecular complexity index is 799. The number of hydrogen-bond acceptors (Lipinski definition) is 3. The van der Waals surface area contributed by atoms with Crippen LogP contribution < -0.4 is 4.74 Å². The van der Waals surface area contributed by atoms with Gasteiger partial charge in [-0.3, -0.25) is 4.79 Å². The van der Waals surface area contributed by atoms with E-state index in [2.05, 4.69) is 0 Å². The number of ether oxygens (including phenoxy) is 1. The van der Waals surface area contributed by atoms with Gasteiger partial charge in [-0.1, -0.05) is 18.2 Å². The molecular weight excluding hydrogens is 361 g/mol. The van der Waals surface area contributed by atoms with Crippen LogP contribution in [0.1, 0.15) is 15.9 Å². The van der Waals surface area contributed by atoms with Gasteiger partial charge in [0.25, 0.3) is 5.91 Å². The third-order valence-electron chi connectivity index (χ3n) is 4.23. The normalized spacial score (nSPS) is 14.8. The molecule has 2 amide bonds. The molecule has 1 aliphatic heterocycles. The molecule has 1 fully saturated rings. The Hall–Kier alpha value is -3.03. The molecule has 27 heavy (non-hydrogen) atoms. The van der Waals surface area contributed by atoms with Crippen LogP contribution in [-0.2, 0) is 6.18 Å². The SMILES string of the molecule is O=C(Oc1ccccc1)N1CCN(C(=O)c2ccc(C(F)(F)F)cc2)CC1. The van der Waals surface area contributed by atoms with E-state index < -0.39 is 17.8 Å². The number of rotatable bonds is 2. The first-order valence-electron chi connectivity index (χ1n) is 8.33. The predicted octanol–water partition coefficient (Wildman–Crippen LogP) is 3.66. The number of carbonyl (C=O) groups excluding carboxylic acids is 2. The first-order chi connectivity index (χ1) is 12.8. The topological polar surface area (TPSA) is 49.9 Å². The fourth-order valence-electron chi connectivity index (χ4n) is 2.73. The fraction of sp³-hybridized carbons (Fsp3) is 0.263. The van der Waals surface area contributed by atoms with Gasteiger partial charge in [-0.05, 0) is 36.4 Å². The molecule has 0 aromatic heterocycles. The molecule has 1 heterocycles. The van der Waals surface area contributed by atoms with Crippen LogP contribution in [0.5, 0.6) is 5.75 Å². The molecule has 0 saturated carbocycles. The molecule has 0 unspecified atom stereocenters. The van der Waals surface area contributed by atoms with E-state index in [1.807, 2.05) is 6.07 Å². The van der Waals surface area contributed by atoms with E-state index in [0.29, 0.717) is 5.75 Å². The molecule has 2 aromatic carbocycles. The molecule has 0 bridgehead atoms. The number of alkyl halides is 3. The molecule has 0 aliphatic carbocycles. The van der Waals surface area contributed by atoms with E-state index in [1.54, 1.807) is 24.3 Å². The maximum Gasteiger partial charge on any atom is 0.416 e. The summed E-state index contributed by atoms with van der Waals surface area (Å²) in [6.07, 6.45) is -4.94. The molecule has 3 rings (SSSR count). The highest BCUT2D eigenvalue weighted by molar-refractivity contribution is 5.94. The summed E-state index contributed by atoms with van der Waals surface area (Å²) in [5.74, 6) is 0.0746. The zero-order valence-electron chi connectivity index (χ0n) is 14.3. The number of halogens is 3. The minimum absolute atomic E-state index is 0.184. The van der Waals surface area contributed by atoms with Gasteiger partial charge in [0, 0.05) is 31.7 Å². The van der Waals surface area contributed by atoms with Gasteiger partial charge in [-0.15, -0.1) is 0 Å². The Morgan fingerprint density at radius 1 is 0.815 bits per heavy atom. The Kier molecular flexibility index (Phi) is 5.34. The molecular formula is C19H17F3N2O3.